The van der Waals surface area contributed by atoms with Crippen LogP contribution in [0.3, 0.4) is 0 Å². The molecule has 0 saturated heterocycles. The third-order valence-electron chi connectivity index (χ3n) is 5.29. The average molecular weight is 403 g/mol. The highest BCUT2D eigenvalue weighted by Gasteiger charge is 2.16. The molecule has 1 aliphatic rings. The van der Waals surface area contributed by atoms with Gasteiger partial charge in [-0.05, 0) is 40.6 Å². The van der Waals surface area contributed by atoms with Gasteiger partial charge in [0.15, 0.2) is 17.3 Å². The second kappa shape index (κ2) is 8.99. The molecule has 0 fully saturated rings. The van der Waals surface area contributed by atoms with Gasteiger partial charge in [0.2, 0.25) is 5.91 Å². The second-order valence-corrected chi connectivity index (χ2v) is 7.57. The number of hydrogen-bond donors (Lipinski definition) is 0. The predicted molar refractivity (Wildman–Crippen MR) is 116 cm³/mol. The van der Waals surface area contributed by atoms with E-state index >= 15 is 0 Å². The number of ketones is 1. The summed E-state index contributed by atoms with van der Waals surface area (Å²) < 4.78 is 11.2. The van der Waals surface area contributed by atoms with Crippen LogP contribution in [-0.2, 0) is 11.3 Å². The molecule has 0 atom stereocenters. The Balaban J connectivity index is 1.34. The van der Waals surface area contributed by atoms with E-state index in [2.05, 4.69) is 24.3 Å². The first-order valence-corrected chi connectivity index (χ1v) is 10.2. The fraction of sp³-hybridized carbons (Fsp3) is 0.280. The molecule has 0 aliphatic carbocycles. The molecule has 3 aromatic rings. The van der Waals surface area contributed by atoms with Crippen LogP contribution in [0.25, 0.3) is 10.8 Å². The summed E-state index contributed by atoms with van der Waals surface area (Å²) in [5.74, 6) is 1.14. The Morgan fingerprint density at radius 1 is 0.867 bits per heavy atom. The summed E-state index contributed by atoms with van der Waals surface area (Å²) in [6.07, 6.45) is 1.16. The number of rotatable bonds is 6. The average Bonchev–Trinajstić information content (AvgIpc) is 3.02. The molecule has 0 saturated carbocycles. The van der Waals surface area contributed by atoms with Gasteiger partial charge >= 0.3 is 0 Å². The molecule has 30 heavy (non-hydrogen) atoms. The zero-order chi connectivity index (χ0) is 20.9. The molecule has 0 radical (unpaired) electrons. The van der Waals surface area contributed by atoms with Gasteiger partial charge in [0.1, 0.15) is 0 Å². The normalized spacial score (nSPS) is 13.0. The predicted octanol–water partition coefficient (Wildman–Crippen LogP) is 4.62. The number of carbonyl (C=O) groups excluding carboxylic acids is 2. The lowest BCUT2D eigenvalue weighted by atomic mass is 10.0. The van der Waals surface area contributed by atoms with Crippen LogP contribution in [0.5, 0.6) is 11.5 Å². The molecule has 0 unspecified atom stereocenters. The van der Waals surface area contributed by atoms with Crippen molar-refractivity contribution in [3.05, 3.63) is 71.8 Å². The minimum absolute atomic E-state index is 0.0501. The number of ether oxygens (including phenoxy) is 2. The molecule has 1 heterocycles. The Hall–Kier alpha value is -3.34. The van der Waals surface area contributed by atoms with Crippen molar-refractivity contribution in [1.29, 1.82) is 0 Å². The quantitative estimate of drug-likeness (QED) is 0.564. The maximum absolute atomic E-state index is 12.6. The standard InChI is InChI=1S/C25H25NO4/c1-26(17-18-7-8-19-5-2-3-6-20(19)15-18)25(28)12-10-22(27)21-9-11-23-24(16-21)30-14-4-13-29-23/h2-3,5-9,11,15-16H,4,10,12-14,17H2,1H3. The van der Waals surface area contributed by atoms with Gasteiger partial charge in [0.05, 0.1) is 13.2 Å². The SMILES string of the molecule is CN(Cc1ccc2ccccc2c1)C(=O)CCC(=O)c1ccc2c(c1)OCCCO2. The maximum atomic E-state index is 12.6. The lowest BCUT2D eigenvalue weighted by Crippen LogP contribution is -2.26. The van der Waals surface area contributed by atoms with Crippen LogP contribution < -0.4 is 9.47 Å². The molecule has 3 aromatic carbocycles. The van der Waals surface area contributed by atoms with E-state index in [-0.39, 0.29) is 24.5 Å². The Kier molecular flexibility index (Phi) is 5.98. The number of Topliss-reactive ketones (excluding diaryl/α,β-unsaturated/α-hetero) is 1. The highest BCUT2D eigenvalue weighted by atomic mass is 16.5. The topological polar surface area (TPSA) is 55.8 Å². The van der Waals surface area contributed by atoms with Crippen LogP contribution in [0.4, 0.5) is 0 Å². The van der Waals surface area contributed by atoms with Crippen molar-refractivity contribution in [3.8, 4) is 11.5 Å². The third kappa shape index (κ3) is 4.62. The molecule has 154 valence electrons. The zero-order valence-electron chi connectivity index (χ0n) is 17.1. The van der Waals surface area contributed by atoms with E-state index in [0.717, 1.165) is 17.4 Å². The summed E-state index contributed by atoms with van der Waals surface area (Å²) in [7, 11) is 1.77. The largest absolute Gasteiger partial charge is 0.490 e. The van der Waals surface area contributed by atoms with Crippen LogP contribution >= 0.6 is 0 Å². The first-order valence-electron chi connectivity index (χ1n) is 10.2. The number of hydrogen-bond acceptors (Lipinski definition) is 4. The zero-order valence-corrected chi connectivity index (χ0v) is 17.1. The van der Waals surface area contributed by atoms with Crippen LogP contribution in [0.2, 0.25) is 0 Å². The van der Waals surface area contributed by atoms with Gasteiger partial charge in [-0.1, -0.05) is 36.4 Å². The number of nitrogens with zero attached hydrogens (tertiary/aromatic N) is 1. The first kappa shape index (κ1) is 20.0. The lowest BCUT2D eigenvalue weighted by molar-refractivity contribution is -0.130. The van der Waals surface area contributed by atoms with Crippen LogP contribution in [0, 0.1) is 0 Å². The second-order valence-electron chi connectivity index (χ2n) is 7.57. The minimum Gasteiger partial charge on any atom is -0.490 e. The van der Waals surface area contributed by atoms with Gasteiger partial charge in [0.25, 0.3) is 0 Å². The summed E-state index contributed by atoms with van der Waals surface area (Å²) in [5.41, 5.74) is 1.61. The summed E-state index contributed by atoms with van der Waals surface area (Å²) in [5, 5.41) is 2.33. The van der Waals surface area contributed by atoms with Crippen molar-refractivity contribution in [1.82, 2.24) is 4.90 Å². The van der Waals surface area contributed by atoms with Gasteiger partial charge in [0, 0.05) is 38.4 Å². The summed E-state index contributed by atoms with van der Waals surface area (Å²) in [4.78, 5) is 26.8. The Bertz CT molecular complexity index is 1080. The van der Waals surface area contributed by atoms with E-state index < -0.39 is 0 Å². The Morgan fingerprint density at radius 3 is 2.47 bits per heavy atom. The van der Waals surface area contributed by atoms with E-state index in [9.17, 15) is 9.59 Å². The molecule has 5 heteroatoms. The van der Waals surface area contributed by atoms with Crippen molar-refractivity contribution in [2.75, 3.05) is 20.3 Å². The molecular formula is C25H25NO4. The fourth-order valence-corrected chi connectivity index (χ4v) is 3.59. The summed E-state index contributed by atoms with van der Waals surface area (Å²) in [6.45, 7) is 1.70. The highest BCUT2D eigenvalue weighted by Crippen LogP contribution is 2.31. The minimum atomic E-state index is -0.0712. The van der Waals surface area contributed by atoms with Gasteiger partial charge in [-0.25, -0.2) is 0 Å². The highest BCUT2D eigenvalue weighted by molar-refractivity contribution is 5.98. The molecule has 0 spiro atoms. The lowest BCUT2D eigenvalue weighted by Gasteiger charge is -2.17. The van der Waals surface area contributed by atoms with Gasteiger partial charge in [-0.15, -0.1) is 0 Å². The number of benzene rings is 3. The molecule has 0 N–H and O–H groups in total. The number of carbonyl (C=O) groups is 2. The number of amides is 1. The van der Waals surface area contributed by atoms with Crippen molar-refractivity contribution < 1.29 is 19.1 Å². The molecule has 5 nitrogen and oxygen atoms in total. The maximum Gasteiger partial charge on any atom is 0.223 e. The monoisotopic (exact) mass is 403 g/mol. The smallest absolute Gasteiger partial charge is 0.223 e. The molecule has 0 bridgehead atoms. The van der Waals surface area contributed by atoms with E-state index in [1.165, 1.54) is 5.39 Å². The molecular weight excluding hydrogens is 378 g/mol. The fourth-order valence-electron chi connectivity index (χ4n) is 3.59. The third-order valence-corrected chi connectivity index (χ3v) is 5.29. The van der Waals surface area contributed by atoms with Crippen molar-refractivity contribution in [2.24, 2.45) is 0 Å². The van der Waals surface area contributed by atoms with Crippen molar-refractivity contribution >= 4 is 22.5 Å². The van der Waals surface area contributed by atoms with Gasteiger partial charge in [-0.2, -0.15) is 0 Å². The molecule has 1 amide bonds. The van der Waals surface area contributed by atoms with Crippen molar-refractivity contribution in [3.63, 3.8) is 0 Å². The molecule has 0 aromatic heterocycles. The van der Waals surface area contributed by atoms with Crippen LogP contribution in [-0.4, -0.2) is 36.9 Å². The van der Waals surface area contributed by atoms with E-state index in [1.807, 2.05) is 18.2 Å². The van der Waals surface area contributed by atoms with Gasteiger partial charge in [-0.3, -0.25) is 9.59 Å². The van der Waals surface area contributed by atoms with Crippen LogP contribution in [0.1, 0.15) is 35.2 Å². The van der Waals surface area contributed by atoms with Gasteiger partial charge < -0.3 is 14.4 Å². The molecule has 4 rings (SSSR count). The van der Waals surface area contributed by atoms with Crippen LogP contribution in [0.15, 0.2) is 60.7 Å². The summed E-state index contributed by atoms with van der Waals surface area (Å²) >= 11 is 0. The Morgan fingerprint density at radius 2 is 1.63 bits per heavy atom. The van der Waals surface area contributed by atoms with E-state index in [1.54, 1.807) is 30.1 Å². The van der Waals surface area contributed by atoms with E-state index in [0.29, 0.717) is 36.8 Å². The summed E-state index contributed by atoms with van der Waals surface area (Å²) in [6, 6.07) is 19.6. The Labute approximate surface area is 176 Å². The first-order chi connectivity index (χ1) is 14.6. The number of fused-ring (bicyclic) bond motifs is 2. The molecule has 1 aliphatic heterocycles. The van der Waals surface area contributed by atoms with E-state index in [4.69, 9.17) is 9.47 Å². The van der Waals surface area contributed by atoms with Crippen molar-refractivity contribution in [2.45, 2.75) is 25.8 Å².